The molecule has 0 spiro atoms. The number of phosphoric ester groups is 1. The van der Waals surface area contributed by atoms with E-state index < -0.39 is 38.0 Å². The van der Waals surface area contributed by atoms with Crippen molar-refractivity contribution in [3.63, 3.8) is 0 Å². The SMILES string of the molecule is CCCCCCCCCCCCCCCCCCOC[C@H](COc1ccccc1)OP(=O)(OC)O[C@H]1O[C@@](C#N)(c2ccc3c(N)ncnn23)[C@H](O)[C@@H]1O. The number of para-hydroxylation sites is 1. The minimum absolute atomic E-state index is 0.0123. The number of nitrogen functional groups attached to an aromatic ring is 1. The molecule has 1 aliphatic rings. The summed E-state index contributed by atoms with van der Waals surface area (Å²) >= 11 is 0. The first-order valence-corrected chi connectivity index (χ1v) is 21.0. The summed E-state index contributed by atoms with van der Waals surface area (Å²) < 4.78 is 49.4. The average molecular weight is 774 g/mol. The molecule has 3 aromatic rings. The Morgan fingerprint density at radius 2 is 1.54 bits per heavy atom. The van der Waals surface area contributed by atoms with Gasteiger partial charge in [-0.2, -0.15) is 10.4 Å². The standard InChI is InChI=1S/C39H60N5O9P/c1-3-4-5-6-7-8-9-10-11-12-13-14-15-16-17-21-26-49-27-32(28-50-31-22-19-18-20-23-31)52-54(47,48-2)53-38-35(45)36(46)39(29-40,51-38)34-25-24-33-37(41)42-30-43-44(33)34/h18-20,22-25,30,32,35-36,38,45-46H,3-17,21,26-28H2,1-2H3,(H2,41,42,43)/t32-,35+,36-,38-,39+,54?/m1/s1. The second-order valence-corrected chi connectivity index (χ2v) is 15.6. The molecule has 3 heterocycles. The van der Waals surface area contributed by atoms with E-state index in [2.05, 4.69) is 17.0 Å². The first-order valence-electron chi connectivity index (χ1n) is 19.6. The number of benzene rings is 1. The highest BCUT2D eigenvalue weighted by Crippen LogP contribution is 2.54. The molecule has 0 amide bonds. The summed E-state index contributed by atoms with van der Waals surface area (Å²) in [5, 5.41) is 36.4. The summed E-state index contributed by atoms with van der Waals surface area (Å²) in [5.41, 5.74) is 4.16. The number of hydrogen-bond donors (Lipinski definition) is 3. The van der Waals surface area contributed by atoms with Crippen LogP contribution in [0.5, 0.6) is 5.75 Å². The summed E-state index contributed by atoms with van der Waals surface area (Å²) in [4.78, 5) is 3.93. The molecule has 1 aliphatic heterocycles. The van der Waals surface area contributed by atoms with Gasteiger partial charge in [-0.25, -0.2) is 14.1 Å². The van der Waals surface area contributed by atoms with Gasteiger partial charge in [0.05, 0.1) is 12.3 Å². The second kappa shape index (κ2) is 23.1. The van der Waals surface area contributed by atoms with E-state index in [0.717, 1.165) is 26.4 Å². The molecule has 0 radical (unpaired) electrons. The minimum Gasteiger partial charge on any atom is -0.491 e. The van der Waals surface area contributed by atoms with Crippen molar-refractivity contribution in [1.82, 2.24) is 14.6 Å². The third kappa shape index (κ3) is 12.7. The second-order valence-electron chi connectivity index (χ2n) is 13.9. The Kier molecular flexibility index (Phi) is 18.6. The number of hydrogen-bond acceptors (Lipinski definition) is 13. The Balaban J connectivity index is 1.23. The monoisotopic (exact) mass is 773 g/mol. The number of phosphoric acid groups is 1. The van der Waals surface area contributed by atoms with Crippen LogP contribution in [-0.2, 0) is 33.2 Å². The molecule has 14 nitrogen and oxygen atoms in total. The number of fused-ring (bicyclic) bond motifs is 1. The molecule has 4 rings (SSSR count). The van der Waals surface area contributed by atoms with Crippen LogP contribution in [0.25, 0.3) is 5.52 Å². The summed E-state index contributed by atoms with van der Waals surface area (Å²) in [6.07, 6.45) is 15.2. The summed E-state index contributed by atoms with van der Waals surface area (Å²) in [5.74, 6) is 0.695. The zero-order valence-corrected chi connectivity index (χ0v) is 32.8. The Morgan fingerprint density at radius 1 is 0.926 bits per heavy atom. The summed E-state index contributed by atoms with van der Waals surface area (Å²) in [6, 6.07) is 14.0. The van der Waals surface area contributed by atoms with Crippen LogP contribution in [0.4, 0.5) is 5.82 Å². The van der Waals surface area contributed by atoms with Gasteiger partial charge < -0.3 is 30.2 Å². The maximum Gasteiger partial charge on any atom is 0.477 e. The Bertz CT molecular complexity index is 1590. The number of aliphatic hydroxyl groups excluding tert-OH is 2. The van der Waals surface area contributed by atoms with Crippen LogP contribution in [0.1, 0.15) is 115 Å². The van der Waals surface area contributed by atoms with Crippen molar-refractivity contribution in [2.75, 3.05) is 32.7 Å². The zero-order chi connectivity index (χ0) is 38.7. The summed E-state index contributed by atoms with van der Waals surface area (Å²) in [7, 11) is -3.39. The lowest BCUT2D eigenvalue weighted by Gasteiger charge is -2.26. The molecule has 0 saturated carbocycles. The van der Waals surface area contributed by atoms with Crippen LogP contribution in [0.2, 0.25) is 0 Å². The van der Waals surface area contributed by atoms with Gasteiger partial charge in [0.25, 0.3) is 0 Å². The molecule has 1 saturated heterocycles. The van der Waals surface area contributed by atoms with Crippen LogP contribution < -0.4 is 10.5 Å². The lowest BCUT2D eigenvalue weighted by Crippen LogP contribution is -2.40. The number of nitriles is 1. The first-order chi connectivity index (χ1) is 26.3. The van der Waals surface area contributed by atoms with Gasteiger partial charge in [0.1, 0.15) is 48.6 Å². The number of nitrogens with two attached hydrogens (primary N) is 1. The van der Waals surface area contributed by atoms with Crippen LogP contribution in [-0.4, -0.2) is 76.3 Å². The Hall–Kier alpha value is -3.12. The van der Waals surface area contributed by atoms with E-state index in [1.54, 1.807) is 18.2 Å². The predicted molar refractivity (Wildman–Crippen MR) is 204 cm³/mol. The van der Waals surface area contributed by atoms with Crippen molar-refractivity contribution in [3.05, 3.63) is 54.5 Å². The van der Waals surface area contributed by atoms with Gasteiger partial charge in [0, 0.05) is 13.7 Å². The fourth-order valence-electron chi connectivity index (χ4n) is 6.59. The van der Waals surface area contributed by atoms with E-state index in [1.165, 1.54) is 100 Å². The van der Waals surface area contributed by atoms with Crippen molar-refractivity contribution in [2.45, 2.75) is 140 Å². The molecular formula is C39H60N5O9P. The molecule has 54 heavy (non-hydrogen) atoms. The first kappa shape index (κ1) is 43.6. The van der Waals surface area contributed by atoms with Gasteiger partial charge in [-0.05, 0) is 30.7 Å². The minimum atomic E-state index is -4.50. The van der Waals surface area contributed by atoms with Gasteiger partial charge in [-0.3, -0.25) is 13.6 Å². The number of anilines is 1. The fraction of sp³-hybridized carbons (Fsp3) is 0.667. The van der Waals surface area contributed by atoms with Crippen LogP contribution >= 0.6 is 7.82 Å². The molecule has 15 heteroatoms. The van der Waals surface area contributed by atoms with Crippen molar-refractivity contribution >= 4 is 19.2 Å². The molecule has 1 aromatic carbocycles. The highest BCUT2D eigenvalue weighted by atomic mass is 31.2. The van der Waals surface area contributed by atoms with Gasteiger partial charge >= 0.3 is 7.82 Å². The predicted octanol–water partition coefficient (Wildman–Crippen LogP) is 7.62. The van der Waals surface area contributed by atoms with E-state index >= 15 is 0 Å². The maximum atomic E-state index is 13.9. The molecule has 6 atom stereocenters. The van der Waals surface area contributed by atoms with E-state index in [1.807, 2.05) is 24.3 Å². The third-order valence-corrected chi connectivity index (χ3v) is 11.2. The topological polar surface area (TPSA) is 193 Å². The highest BCUT2D eigenvalue weighted by molar-refractivity contribution is 7.48. The molecule has 1 unspecified atom stereocenters. The number of aliphatic hydroxyl groups is 2. The molecule has 4 N–H and O–H groups in total. The zero-order valence-electron chi connectivity index (χ0n) is 31.9. The smallest absolute Gasteiger partial charge is 0.477 e. The van der Waals surface area contributed by atoms with E-state index in [4.69, 9.17) is 33.5 Å². The number of ether oxygens (including phenoxy) is 3. The molecule has 1 fully saturated rings. The van der Waals surface area contributed by atoms with E-state index in [9.17, 15) is 20.0 Å². The molecule has 0 bridgehead atoms. The van der Waals surface area contributed by atoms with Crippen LogP contribution in [0, 0.1) is 11.3 Å². The molecular weight excluding hydrogens is 713 g/mol. The van der Waals surface area contributed by atoms with Gasteiger partial charge in [0.15, 0.2) is 12.1 Å². The largest absolute Gasteiger partial charge is 0.491 e. The average Bonchev–Trinajstić information content (AvgIpc) is 3.73. The molecule has 300 valence electrons. The van der Waals surface area contributed by atoms with Gasteiger partial charge in [-0.1, -0.05) is 121 Å². The van der Waals surface area contributed by atoms with Crippen molar-refractivity contribution in [3.8, 4) is 11.8 Å². The third-order valence-electron chi connectivity index (χ3n) is 9.71. The number of nitrogens with zero attached hydrogens (tertiary/aromatic N) is 4. The van der Waals surface area contributed by atoms with E-state index in [0.29, 0.717) is 17.9 Å². The quantitative estimate of drug-likeness (QED) is 0.0482. The Labute approximate surface area is 319 Å². The normalized spacial score (nSPS) is 21.6. The maximum absolute atomic E-state index is 13.9. The number of aromatic nitrogens is 3. The van der Waals surface area contributed by atoms with Crippen molar-refractivity contribution in [1.29, 1.82) is 5.26 Å². The van der Waals surface area contributed by atoms with E-state index in [-0.39, 0.29) is 24.7 Å². The highest BCUT2D eigenvalue weighted by Gasteiger charge is 2.60. The fourth-order valence-corrected chi connectivity index (χ4v) is 7.73. The van der Waals surface area contributed by atoms with Gasteiger partial charge in [0.2, 0.25) is 5.60 Å². The molecule has 2 aromatic heterocycles. The Morgan fingerprint density at radius 3 is 2.13 bits per heavy atom. The lowest BCUT2D eigenvalue weighted by atomic mass is 9.93. The number of unbranched alkanes of at least 4 members (excludes halogenated alkanes) is 15. The van der Waals surface area contributed by atoms with Crippen LogP contribution in [0.15, 0.2) is 48.8 Å². The van der Waals surface area contributed by atoms with Crippen molar-refractivity contribution in [2.24, 2.45) is 0 Å². The summed E-state index contributed by atoms with van der Waals surface area (Å²) in [6.45, 7) is 2.69. The van der Waals surface area contributed by atoms with Crippen molar-refractivity contribution < 1.29 is 42.6 Å². The van der Waals surface area contributed by atoms with Gasteiger partial charge in [-0.15, -0.1) is 0 Å². The molecule has 0 aliphatic carbocycles. The number of rotatable bonds is 28. The van der Waals surface area contributed by atoms with Crippen LogP contribution in [0.3, 0.4) is 0 Å². The lowest BCUT2D eigenvalue weighted by molar-refractivity contribution is -0.147.